The number of amides is 1. The Morgan fingerprint density at radius 1 is 1.31 bits per heavy atom. The number of hydrogen-bond acceptors (Lipinski definition) is 6. The van der Waals surface area contributed by atoms with Gasteiger partial charge in [-0.1, -0.05) is 13.9 Å². The third-order valence-electron chi connectivity index (χ3n) is 0.295. The molecule has 8 nitrogen and oxygen atoms in total. The van der Waals surface area contributed by atoms with E-state index in [9.17, 15) is 9.59 Å². The van der Waals surface area contributed by atoms with Gasteiger partial charge >= 0.3 is 0 Å². The van der Waals surface area contributed by atoms with E-state index in [0.29, 0.717) is 6.47 Å². The molecule has 0 aromatic heterocycles. The van der Waals surface area contributed by atoms with Gasteiger partial charge in [0, 0.05) is 42.1 Å². The summed E-state index contributed by atoms with van der Waals surface area (Å²) in [5.41, 5.74) is 0. The normalized spacial score (nSPS) is 4.00. The number of rotatable bonds is 3. The molecule has 4 N–H and O–H groups in total. The molecule has 0 unspecified atom stereocenters. The fourth-order valence-corrected chi connectivity index (χ4v) is 0.104. The van der Waals surface area contributed by atoms with Crippen LogP contribution >= 0.6 is 0 Å². The van der Waals surface area contributed by atoms with E-state index in [0.717, 1.165) is 0 Å². The van der Waals surface area contributed by atoms with Crippen molar-refractivity contribution in [1.29, 1.82) is 10.8 Å². The molecule has 0 heterocycles. The molecule has 0 saturated heterocycles. The van der Waals surface area contributed by atoms with Gasteiger partial charge in [0.15, 0.2) is 0 Å². The van der Waals surface area contributed by atoms with Crippen molar-refractivity contribution in [2.75, 3.05) is 6.67 Å². The average molecular weight is 570 g/mol. The number of aliphatic imine (C=N–C) groups is 1. The third-order valence-corrected chi connectivity index (χ3v) is 0.295. The van der Waals surface area contributed by atoms with E-state index in [1.54, 1.807) is 0 Å². The van der Waals surface area contributed by atoms with Gasteiger partial charge in [0.2, 0.25) is 6.08 Å². The van der Waals surface area contributed by atoms with Crippen molar-refractivity contribution in [3.8, 4) is 0 Å². The first-order valence-corrected chi connectivity index (χ1v) is 2.48. The number of aliphatic hydroxyl groups excluding tert-OH is 1. The molecule has 0 rings (SSSR count). The Morgan fingerprint density at radius 2 is 1.62 bits per heavy atom. The van der Waals surface area contributed by atoms with Crippen LogP contribution in [0.4, 0.5) is 0 Å². The zero-order chi connectivity index (χ0) is 10.9. The molecule has 0 saturated carbocycles. The van der Waals surface area contributed by atoms with Crippen LogP contribution in [-0.4, -0.2) is 36.7 Å². The summed E-state index contributed by atoms with van der Waals surface area (Å²) in [5.74, 6) is 0. The van der Waals surface area contributed by atoms with Crippen molar-refractivity contribution in [3.05, 3.63) is 0 Å². The molecule has 10 heteroatoms. The molecule has 92 valence electrons. The van der Waals surface area contributed by atoms with E-state index in [-0.39, 0.29) is 56.2 Å². The molecule has 0 atom stereocenters. The number of nitrogens with zero attached hydrogens (tertiary/aromatic N) is 1. The second-order valence-electron chi connectivity index (χ2n) is 0.903. The van der Waals surface area contributed by atoms with Gasteiger partial charge in [0.25, 0.3) is 0 Å². The molecule has 0 spiro atoms. The first-order valence-electron chi connectivity index (χ1n) is 2.48. The summed E-state index contributed by atoms with van der Waals surface area (Å²) < 4.78 is 0. The fourth-order valence-electron chi connectivity index (χ4n) is 0.104. The van der Waals surface area contributed by atoms with E-state index in [2.05, 4.69) is 4.99 Å². The SMILES string of the molecule is C.N=C=N.O=C=NCN[C-]=O.O=[C-]O.[W].[W]. The van der Waals surface area contributed by atoms with E-state index in [1.807, 2.05) is 5.32 Å². The Morgan fingerprint density at radius 3 is 1.81 bits per heavy atom. The molecule has 0 aromatic rings. The predicted molar refractivity (Wildman–Crippen MR) is 47.3 cm³/mol. The van der Waals surface area contributed by atoms with E-state index in [4.69, 9.17) is 20.7 Å². The van der Waals surface area contributed by atoms with E-state index >= 15 is 0 Å². The van der Waals surface area contributed by atoms with Gasteiger partial charge in [-0.3, -0.25) is 0 Å². The van der Waals surface area contributed by atoms with Gasteiger partial charge < -0.3 is 20.0 Å². The zero-order valence-electron chi connectivity index (χ0n) is 7.14. The van der Waals surface area contributed by atoms with Crippen molar-refractivity contribution in [2.24, 2.45) is 4.99 Å². The van der Waals surface area contributed by atoms with Crippen LogP contribution in [0.15, 0.2) is 4.99 Å². The molecule has 1 amide bonds. The Hall–Kier alpha value is -0.923. The molecular formula is C6H10N4O4W2-2. The van der Waals surface area contributed by atoms with E-state index in [1.165, 1.54) is 18.5 Å². The Kier molecular flexibility index (Phi) is 148. The minimum Gasteiger partial charge on any atom is -0.665 e. The fraction of sp³-hybridized carbons (Fsp3) is 0.333. The maximum absolute atomic E-state index is 9.25. The second-order valence-corrected chi connectivity index (χ2v) is 0.903. The monoisotopic (exact) mass is 570 g/mol. The van der Waals surface area contributed by atoms with Crippen molar-refractivity contribution >= 4 is 25.0 Å². The topological polar surface area (TPSA) is 144 Å². The third kappa shape index (κ3) is 201. The van der Waals surface area contributed by atoms with Crippen LogP contribution in [0.1, 0.15) is 7.43 Å². The summed E-state index contributed by atoms with van der Waals surface area (Å²) in [6, 6.07) is 1.25. The summed E-state index contributed by atoms with van der Waals surface area (Å²) >= 11 is 0. The van der Waals surface area contributed by atoms with Crippen LogP contribution < -0.4 is 5.32 Å². The number of carbonyl (C=O) groups excluding carboxylic acids is 2. The van der Waals surface area contributed by atoms with Crippen LogP contribution in [0, 0.1) is 10.8 Å². The van der Waals surface area contributed by atoms with Gasteiger partial charge in [0.05, 0.1) is 12.7 Å². The number of isocyanates is 1. The largest absolute Gasteiger partial charge is 0.665 e. The van der Waals surface area contributed by atoms with Gasteiger partial charge in [-0.05, 0) is 0 Å². The van der Waals surface area contributed by atoms with Crippen molar-refractivity contribution in [1.82, 2.24) is 5.32 Å². The Labute approximate surface area is 121 Å². The maximum atomic E-state index is 9.25. The Bertz CT molecular complexity index is 203. The quantitative estimate of drug-likeness (QED) is 0.119. The summed E-state index contributed by atoms with van der Waals surface area (Å²) in [6.45, 7) is 0.465. The van der Waals surface area contributed by atoms with Gasteiger partial charge in [0.1, 0.15) is 0 Å². The predicted octanol–water partition coefficient (Wildman–Crippen LogP) is -0.503. The summed E-state index contributed by atoms with van der Waals surface area (Å²) in [6.07, 6.45) is 2.57. The zero-order valence-corrected chi connectivity index (χ0v) is 13.0. The molecular weight excluding hydrogens is 560 g/mol. The second kappa shape index (κ2) is 65.2. The molecule has 0 bridgehead atoms. The van der Waals surface area contributed by atoms with Crippen molar-refractivity contribution in [3.63, 3.8) is 0 Å². The van der Waals surface area contributed by atoms with Crippen molar-refractivity contribution < 1.29 is 61.6 Å². The first kappa shape index (κ1) is 36.3. The van der Waals surface area contributed by atoms with E-state index < -0.39 is 0 Å². The van der Waals surface area contributed by atoms with Crippen LogP contribution in [0.5, 0.6) is 0 Å². The Balaban J connectivity index is -0.0000000244. The molecule has 0 aliphatic carbocycles. The molecule has 16 heavy (non-hydrogen) atoms. The summed E-state index contributed by atoms with van der Waals surface area (Å²) in [4.78, 5) is 29.7. The van der Waals surface area contributed by atoms with Crippen molar-refractivity contribution in [2.45, 2.75) is 7.43 Å². The molecule has 0 fully saturated rings. The molecule has 0 aromatic carbocycles. The minimum atomic E-state index is -0.0347. The summed E-state index contributed by atoms with van der Waals surface area (Å²) in [5, 5.41) is 20.0. The minimum absolute atomic E-state index is 0. The van der Waals surface area contributed by atoms with Gasteiger partial charge in [-0.2, -0.15) is 11.4 Å². The maximum Gasteiger partial charge on any atom is 0.236 e. The van der Waals surface area contributed by atoms with Crippen LogP contribution in [0.25, 0.3) is 0 Å². The number of nitrogens with one attached hydrogen (secondary N) is 3. The smallest absolute Gasteiger partial charge is 0.236 e. The number of hydrogen-bond donors (Lipinski definition) is 4. The molecule has 0 aliphatic heterocycles. The average Bonchev–Trinajstić information content (AvgIpc) is 2.08. The van der Waals surface area contributed by atoms with Gasteiger partial charge in [-0.25, -0.2) is 15.6 Å². The molecule has 0 aliphatic rings. The first-order chi connectivity index (χ1) is 6.24. The summed E-state index contributed by atoms with van der Waals surface area (Å²) in [7, 11) is 0. The standard InChI is InChI=1S/C3H3N2O2.CH2N2.CHO2.CH4.2W/c6-2-4-1-5-3-7;2*2-1-3;;;/h1H2,(H,4,6);2-3H;(H,2,3);1H4;;/q-1;;-1;;;. The van der Waals surface area contributed by atoms with Crippen LogP contribution in [0.2, 0.25) is 0 Å². The van der Waals surface area contributed by atoms with Crippen LogP contribution in [0.3, 0.4) is 0 Å². The van der Waals surface area contributed by atoms with Gasteiger partial charge in [-0.15, -0.1) is 0 Å². The van der Waals surface area contributed by atoms with Crippen LogP contribution in [-0.2, 0) is 56.5 Å². The molecule has 0 radical (unpaired) electrons.